The van der Waals surface area contributed by atoms with Gasteiger partial charge in [0.15, 0.2) is 5.75 Å². The molecular weight excluding hydrogens is 456 g/mol. The van der Waals surface area contributed by atoms with Crippen LogP contribution in [0.4, 0.5) is 11.8 Å². The van der Waals surface area contributed by atoms with E-state index >= 15 is 0 Å². The highest BCUT2D eigenvalue weighted by molar-refractivity contribution is 7.69. The summed E-state index contributed by atoms with van der Waals surface area (Å²) in [7, 11) is -0.902. The average molecular weight is 481 g/mol. The van der Waals surface area contributed by atoms with Crippen molar-refractivity contribution >= 4 is 33.7 Å². The Balaban J connectivity index is 1.30. The number of nitrogens with zero attached hydrogens (tertiary/aromatic N) is 6. The van der Waals surface area contributed by atoms with Crippen molar-refractivity contribution in [1.29, 1.82) is 0 Å². The largest absolute Gasteiger partial charge is 0.493 e. The highest BCUT2D eigenvalue weighted by Crippen LogP contribution is 2.29. The minimum absolute atomic E-state index is 0.525. The number of hydrogen-bond acceptors (Lipinski definition) is 9. The van der Waals surface area contributed by atoms with Crippen molar-refractivity contribution in [2.45, 2.75) is 6.54 Å². The van der Waals surface area contributed by atoms with Crippen molar-refractivity contribution in [3.8, 4) is 17.0 Å². The van der Waals surface area contributed by atoms with Crippen LogP contribution in [-0.2, 0) is 17.4 Å². The molecule has 4 heterocycles. The van der Waals surface area contributed by atoms with Gasteiger partial charge < -0.3 is 15.0 Å². The smallest absolute Gasteiger partial charge is 0.206 e. The van der Waals surface area contributed by atoms with Crippen LogP contribution < -0.4 is 10.1 Å². The molecule has 1 aromatic carbocycles. The molecule has 1 aliphatic rings. The minimum Gasteiger partial charge on any atom is -0.493 e. The maximum atomic E-state index is 11.1. The van der Waals surface area contributed by atoms with Gasteiger partial charge in [0.05, 0.1) is 24.3 Å². The molecule has 0 amide bonds. The molecule has 2 N–H and O–H groups in total. The zero-order valence-electron chi connectivity index (χ0n) is 18.5. The van der Waals surface area contributed by atoms with Crippen LogP contribution in [0, 0.1) is 0 Å². The summed E-state index contributed by atoms with van der Waals surface area (Å²) >= 11 is 0. The molecule has 34 heavy (non-hydrogen) atoms. The van der Waals surface area contributed by atoms with E-state index in [0.717, 1.165) is 28.7 Å². The Hall–Kier alpha value is -3.61. The molecule has 0 saturated carbocycles. The molecule has 1 saturated heterocycles. The van der Waals surface area contributed by atoms with Crippen LogP contribution >= 0.6 is 0 Å². The number of thiol groups is 1. The number of nitrogens with one attached hydrogen (secondary N) is 2. The van der Waals surface area contributed by atoms with Gasteiger partial charge in [-0.2, -0.15) is 0 Å². The quantitative estimate of drug-likeness (QED) is 0.339. The maximum absolute atomic E-state index is 11.1. The summed E-state index contributed by atoms with van der Waals surface area (Å²) in [5, 5.41) is 3.24. The molecule has 0 aliphatic carbocycles. The van der Waals surface area contributed by atoms with Crippen molar-refractivity contribution in [2.24, 2.45) is 0 Å². The summed E-state index contributed by atoms with van der Waals surface area (Å²) in [4.78, 5) is 22.9. The van der Waals surface area contributed by atoms with E-state index in [1.54, 1.807) is 19.5 Å². The Morgan fingerprint density at radius 3 is 2.76 bits per heavy atom. The van der Waals surface area contributed by atoms with Crippen molar-refractivity contribution in [1.82, 2.24) is 34.1 Å². The van der Waals surface area contributed by atoms with Gasteiger partial charge in [-0.1, -0.05) is 6.07 Å². The number of benzene rings is 1. The average Bonchev–Trinajstić information content (AvgIpc) is 3.26. The van der Waals surface area contributed by atoms with Crippen molar-refractivity contribution in [2.75, 3.05) is 38.6 Å². The van der Waals surface area contributed by atoms with E-state index in [1.807, 2.05) is 30.3 Å². The van der Waals surface area contributed by atoms with Gasteiger partial charge in [0, 0.05) is 44.5 Å². The van der Waals surface area contributed by atoms with Crippen molar-refractivity contribution in [3.63, 3.8) is 0 Å². The fourth-order valence-corrected chi connectivity index (χ4v) is 4.48. The molecule has 4 aromatic rings. The first-order chi connectivity index (χ1) is 16.6. The molecule has 12 heteroatoms. The zero-order chi connectivity index (χ0) is 23.5. The molecule has 1 aliphatic heterocycles. The Morgan fingerprint density at radius 2 is 1.97 bits per heavy atom. The standard InChI is InChI=1S/C22H24N8O3S/c1-33-19-12-23-14-25-21(19)16-2-3-17-18(11-16)27-22(26-17)28-20-10-15(4-5-24-20)13-29-6-8-30(9-7-29)34(31)32/h2-5,10-12,14,34H,6-9,13H2,1H3,(H2,24,26,27,28). The first kappa shape index (κ1) is 22.2. The number of rotatable bonds is 7. The Morgan fingerprint density at radius 1 is 1.12 bits per heavy atom. The number of pyridine rings is 1. The van der Waals surface area contributed by atoms with Gasteiger partial charge in [-0.25, -0.2) is 32.7 Å². The molecule has 0 atom stereocenters. The van der Waals surface area contributed by atoms with Crippen LogP contribution in [0.3, 0.4) is 0 Å². The number of ether oxygens (including phenoxy) is 1. The number of piperazine rings is 1. The van der Waals surface area contributed by atoms with Gasteiger partial charge in [0.2, 0.25) is 16.8 Å². The van der Waals surface area contributed by atoms with E-state index in [0.29, 0.717) is 49.4 Å². The van der Waals surface area contributed by atoms with E-state index in [9.17, 15) is 8.42 Å². The lowest BCUT2D eigenvalue weighted by atomic mass is 10.1. The number of fused-ring (bicyclic) bond motifs is 1. The van der Waals surface area contributed by atoms with Crippen LogP contribution in [0.15, 0.2) is 49.1 Å². The SMILES string of the molecule is COc1cncnc1-c1ccc2nc(Nc3cc(CN4CCN([SH](=O)=O)CC4)ccn3)[nH]c2c1. The predicted octanol–water partition coefficient (Wildman–Crippen LogP) is 1.81. The van der Waals surface area contributed by atoms with Gasteiger partial charge >= 0.3 is 0 Å². The third kappa shape index (κ3) is 4.83. The number of anilines is 2. The number of aromatic amines is 1. The summed E-state index contributed by atoms with van der Waals surface area (Å²) in [5.74, 6) is 1.86. The Bertz CT molecular complexity index is 1370. The third-order valence-electron chi connectivity index (χ3n) is 5.71. The van der Waals surface area contributed by atoms with E-state index in [1.165, 1.54) is 10.6 Å². The second-order valence-corrected chi connectivity index (χ2v) is 8.94. The zero-order valence-corrected chi connectivity index (χ0v) is 19.4. The molecule has 11 nitrogen and oxygen atoms in total. The van der Waals surface area contributed by atoms with Crippen LogP contribution in [0.5, 0.6) is 5.75 Å². The summed E-state index contributed by atoms with van der Waals surface area (Å²) in [6.07, 6.45) is 4.88. The number of imidazole rings is 1. The lowest BCUT2D eigenvalue weighted by Crippen LogP contribution is -2.45. The number of H-pyrrole nitrogens is 1. The van der Waals surface area contributed by atoms with Crippen LogP contribution in [0.2, 0.25) is 0 Å². The normalized spacial score (nSPS) is 15.1. The van der Waals surface area contributed by atoms with E-state index in [2.05, 4.69) is 35.1 Å². The maximum Gasteiger partial charge on any atom is 0.206 e. The van der Waals surface area contributed by atoms with Gasteiger partial charge in [0.1, 0.15) is 17.8 Å². The highest BCUT2D eigenvalue weighted by atomic mass is 32.2. The second-order valence-electron chi connectivity index (χ2n) is 7.90. The molecule has 5 rings (SSSR count). The predicted molar refractivity (Wildman–Crippen MR) is 128 cm³/mol. The molecule has 176 valence electrons. The summed E-state index contributed by atoms with van der Waals surface area (Å²) < 4.78 is 29.1. The number of hydrogen-bond donors (Lipinski definition) is 3. The first-order valence-electron chi connectivity index (χ1n) is 10.8. The lowest BCUT2D eigenvalue weighted by molar-refractivity contribution is 0.184. The van der Waals surface area contributed by atoms with Gasteiger partial charge in [0.25, 0.3) is 0 Å². The molecule has 0 unspecified atom stereocenters. The van der Waals surface area contributed by atoms with E-state index in [-0.39, 0.29) is 0 Å². The minimum atomic E-state index is -2.49. The summed E-state index contributed by atoms with van der Waals surface area (Å²) in [5.41, 5.74) is 4.35. The fourth-order valence-electron chi connectivity index (χ4n) is 3.98. The monoisotopic (exact) mass is 480 g/mol. The third-order valence-corrected chi connectivity index (χ3v) is 6.57. The molecule has 0 bridgehead atoms. The van der Waals surface area contributed by atoms with Crippen LogP contribution in [0.1, 0.15) is 5.56 Å². The molecule has 3 aromatic heterocycles. The Labute approximate surface area is 197 Å². The van der Waals surface area contributed by atoms with Gasteiger partial charge in [-0.15, -0.1) is 0 Å². The van der Waals surface area contributed by atoms with E-state index < -0.39 is 10.9 Å². The first-order valence-corrected chi connectivity index (χ1v) is 11.9. The second kappa shape index (κ2) is 9.71. The number of aromatic nitrogens is 5. The van der Waals surface area contributed by atoms with Crippen molar-refractivity contribution < 1.29 is 13.2 Å². The molecule has 1 fully saturated rings. The van der Waals surface area contributed by atoms with Crippen LogP contribution in [0.25, 0.3) is 22.3 Å². The van der Waals surface area contributed by atoms with Gasteiger partial charge in [-0.05, 0) is 29.8 Å². The Kier molecular flexibility index (Phi) is 6.34. The highest BCUT2D eigenvalue weighted by Gasteiger charge is 2.18. The molecule has 0 spiro atoms. The lowest BCUT2D eigenvalue weighted by Gasteiger charge is -2.31. The van der Waals surface area contributed by atoms with Crippen LogP contribution in [-0.4, -0.2) is 75.8 Å². The fraction of sp³-hybridized carbons (Fsp3) is 0.273. The van der Waals surface area contributed by atoms with Crippen molar-refractivity contribution in [3.05, 3.63) is 54.6 Å². The van der Waals surface area contributed by atoms with E-state index in [4.69, 9.17) is 4.74 Å². The molecular formula is C22H24N8O3S. The summed E-state index contributed by atoms with van der Waals surface area (Å²) in [6.45, 7) is 3.19. The molecule has 0 radical (unpaired) electrons. The topological polar surface area (TPSA) is 129 Å². The van der Waals surface area contributed by atoms with Gasteiger partial charge in [-0.3, -0.25) is 4.90 Å². The summed E-state index contributed by atoms with van der Waals surface area (Å²) in [6, 6.07) is 9.78. The number of methoxy groups -OCH3 is 1.